The topological polar surface area (TPSA) is 92.4 Å². The van der Waals surface area contributed by atoms with Crippen LogP contribution in [0.5, 0.6) is 6.01 Å². The van der Waals surface area contributed by atoms with Gasteiger partial charge in [-0.15, -0.1) is 6.42 Å². The summed E-state index contributed by atoms with van der Waals surface area (Å²) in [5, 5.41) is 3.18. The molecule has 0 spiro atoms. The molecule has 5 heterocycles. The number of hydrogen-bond acceptors (Lipinski definition) is 8. The molecule has 3 aliphatic heterocycles. The van der Waals surface area contributed by atoms with Crippen molar-refractivity contribution in [3.8, 4) is 29.6 Å². The minimum atomic E-state index is -0.907. The van der Waals surface area contributed by atoms with Crippen molar-refractivity contribution in [3.63, 3.8) is 0 Å². The number of terminal acetylenes is 1. The number of nitrogens with zero attached hydrogens (tertiary/aromatic N) is 5. The van der Waals surface area contributed by atoms with E-state index in [4.69, 9.17) is 21.9 Å². The molecule has 2 atom stereocenters. The molecule has 3 N–H and O–H groups in total. The summed E-state index contributed by atoms with van der Waals surface area (Å²) in [5.41, 5.74) is 9.68. The van der Waals surface area contributed by atoms with E-state index in [-0.39, 0.29) is 35.0 Å². The molecule has 0 amide bonds. The number of ether oxygens (including phenoxy) is 1. The number of rotatable bonds is 5. The first-order valence-corrected chi connectivity index (χ1v) is 14.7. The van der Waals surface area contributed by atoms with Crippen LogP contribution in [0.2, 0.25) is 0 Å². The van der Waals surface area contributed by atoms with Gasteiger partial charge >= 0.3 is 6.01 Å². The second-order valence-electron chi connectivity index (χ2n) is 11.7. The standard InChI is InChI=1S/C32H32F3N7O/c1-2-22-25(34)8-7-19-13-21(36)14-23(26(19)22)28-27(35)29-24(16-37-28)30(42-12-5-3-4-10-38-42)40-31(39-29)43-18-32-9-6-11-41(32)17-20(33)15-32/h1,7-8,13-14,16,20,38H,3-6,9-12,15,17-18,36H2/t20-,32+/m1/s1. The van der Waals surface area contributed by atoms with Crippen LogP contribution in [0.25, 0.3) is 32.9 Å². The number of nitrogens with two attached hydrogens (primary N) is 1. The Labute approximate surface area is 247 Å². The summed E-state index contributed by atoms with van der Waals surface area (Å²) >= 11 is 0. The number of hydrazine groups is 1. The molecule has 43 heavy (non-hydrogen) atoms. The van der Waals surface area contributed by atoms with Crippen molar-refractivity contribution in [3.05, 3.63) is 47.7 Å². The molecule has 4 aromatic rings. The number of nitrogen functional groups attached to an aromatic ring is 1. The van der Waals surface area contributed by atoms with Gasteiger partial charge in [-0.1, -0.05) is 18.4 Å². The molecule has 3 fully saturated rings. The number of alkyl halides is 1. The lowest BCUT2D eigenvalue weighted by Crippen LogP contribution is -2.43. The summed E-state index contributed by atoms with van der Waals surface area (Å²) in [4.78, 5) is 15.9. The zero-order valence-corrected chi connectivity index (χ0v) is 23.7. The predicted molar refractivity (Wildman–Crippen MR) is 160 cm³/mol. The third kappa shape index (κ3) is 4.79. The fourth-order valence-corrected chi connectivity index (χ4v) is 6.96. The lowest BCUT2D eigenvalue weighted by Gasteiger charge is -2.31. The molecule has 0 radical (unpaired) electrons. The van der Waals surface area contributed by atoms with E-state index in [2.05, 4.69) is 26.2 Å². The number of pyridine rings is 1. The van der Waals surface area contributed by atoms with Crippen LogP contribution >= 0.6 is 0 Å². The summed E-state index contributed by atoms with van der Waals surface area (Å²) in [6, 6.07) is 6.02. The smallest absolute Gasteiger partial charge is 0.319 e. The first kappa shape index (κ1) is 27.7. The minimum Gasteiger partial charge on any atom is -0.461 e. The van der Waals surface area contributed by atoms with Crippen LogP contribution in [0.15, 0.2) is 30.5 Å². The molecule has 0 unspecified atom stereocenters. The van der Waals surface area contributed by atoms with Gasteiger partial charge < -0.3 is 10.5 Å². The zero-order chi connectivity index (χ0) is 29.7. The van der Waals surface area contributed by atoms with Crippen molar-refractivity contribution in [2.45, 2.75) is 50.2 Å². The van der Waals surface area contributed by atoms with Gasteiger partial charge in [0.05, 0.1) is 16.5 Å². The number of nitrogens with one attached hydrogen (secondary N) is 1. The predicted octanol–water partition coefficient (Wildman–Crippen LogP) is 5.14. The maximum Gasteiger partial charge on any atom is 0.319 e. The van der Waals surface area contributed by atoms with E-state index in [1.54, 1.807) is 12.1 Å². The largest absolute Gasteiger partial charge is 0.461 e. The monoisotopic (exact) mass is 587 g/mol. The van der Waals surface area contributed by atoms with E-state index in [0.717, 1.165) is 45.2 Å². The number of fused-ring (bicyclic) bond motifs is 3. The van der Waals surface area contributed by atoms with E-state index >= 15 is 4.39 Å². The fourth-order valence-electron chi connectivity index (χ4n) is 6.96. The van der Waals surface area contributed by atoms with Gasteiger partial charge in [0.2, 0.25) is 0 Å². The van der Waals surface area contributed by atoms with Crippen molar-refractivity contribution < 1.29 is 17.9 Å². The average molecular weight is 588 g/mol. The van der Waals surface area contributed by atoms with E-state index in [1.165, 1.54) is 18.3 Å². The Morgan fingerprint density at radius 3 is 2.88 bits per heavy atom. The van der Waals surface area contributed by atoms with Gasteiger partial charge in [0.15, 0.2) is 11.6 Å². The van der Waals surface area contributed by atoms with E-state index in [0.29, 0.717) is 47.2 Å². The number of hydrogen-bond donors (Lipinski definition) is 2. The molecule has 8 nitrogen and oxygen atoms in total. The lowest BCUT2D eigenvalue weighted by molar-refractivity contribution is 0.107. The highest BCUT2D eigenvalue weighted by atomic mass is 19.1. The lowest BCUT2D eigenvalue weighted by atomic mass is 9.95. The molecule has 7 rings (SSSR count). The zero-order valence-electron chi connectivity index (χ0n) is 23.7. The van der Waals surface area contributed by atoms with Gasteiger partial charge in [0.1, 0.15) is 29.8 Å². The first-order chi connectivity index (χ1) is 20.9. The Morgan fingerprint density at radius 2 is 2.02 bits per heavy atom. The summed E-state index contributed by atoms with van der Waals surface area (Å²) < 4.78 is 52.0. The SMILES string of the molecule is C#Cc1c(F)ccc2cc(N)cc(-c3ncc4c(N5CCCCCN5)nc(OC[C@@]56CCCN5C[C@H](F)C6)nc4c3F)c12. The molecule has 11 heteroatoms. The van der Waals surface area contributed by atoms with Crippen LogP contribution in [-0.4, -0.2) is 64.3 Å². The van der Waals surface area contributed by atoms with E-state index in [1.807, 2.05) is 5.01 Å². The number of anilines is 2. The minimum absolute atomic E-state index is 0.000787. The molecule has 3 aliphatic rings. The van der Waals surface area contributed by atoms with Crippen LogP contribution in [0.3, 0.4) is 0 Å². The Morgan fingerprint density at radius 1 is 1.14 bits per heavy atom. The normalized spacial score (nSPS) is 22.6. The molecule has 0 saturated carbocycles. The van der Waals surface area contributed by atoms with Crippen LogP contribution in [0.1, 0.15) is 44.1 Å². The highest BCUT2D eigenvalue weighted by molar-refractivity contribution is 6.03. The maximum atomic E-state index is 16.7. The second kappa shape index (κ2) is 10.8. The molecule has 2 aromatic carbocycles. The van der Waals surface area contributed by atoms with Crippen LogP contribution in [0, 0.1) is 24.0 Å². The molecular formula is C32H32F3N7O. The molecule has 0 aliphatic carbocycles. The number of benzene rings is 2. The highest BCUT2D eigenvalue weighted by Crippen LogP contribution is 2.41. The van der Waals surface area contributed by atoms with Crippen molar-refractivity contribution in [2.75, 3.05) is 43.5 Å². The molecule has 0 bridgehead atoms. The van der Waals surface area contributed by atoms with Gasteiger partial charge in [0.25, 0.3) is 0 Å². The van der Waals surface area contributed by atoms with Crippen LogP contribution in [0.4, 0.5) is 24.7 Å². The molecule has 222 valence electrons. The van der Waals surface area contributed by atoms with Gasteiger partial charge in [-0.2, -0.15) is 9.97 Å². The Kier molecular flexibility index (Phi) is 6.98. The second-order valence-corrected chi connectivity index (χ2v) is 11.7. The van der Waals surface area contributed by atoms with Gasteiger partial charge in [-0.3, -0.25) is 14.9 Å². The van der Waals surface area contributed by atoms with Crippen molar-refractivity contribution >= 4 is 33.2 Å². The summed E-state index contributed by atoms with van der Waals surface area (Å²) in [6.45, 7) is 2.81. The van der Waals surface area contributed by atoms with Crippen molar-refractivity contribution in [2.24, 2.45) is 0 Å². The van der Waals surface area contributed by atoms with Gasteiger partial charge in [-0.25, -0.2) is 18.6 Å². The van der Waals surface area contributed by atoms with Crippen molar-refractivity contribution in [1.82, 2.24) is 25.3 Å². The maximum absolute atomic E-state index is 16.7. The number of aromatic nitrogens is 3. The summed E-state index contributed by atoms with van der Waals surface area (Å²) in [6.07, 6.45) is 11.4. The van der Waals surface area contributed by atoms with E-state index < -0.39 is 23.3 Å². The van der Waals surface area contributed by atoms with Gasteiger partial charge in [0, 0.05) is 48.9 Å². The first-order valence-electron chi connectivity index (χ1n) is 14.7. The molecular weight excluding hydrogens is 555 g/mol. The Hall–Kier alpha value is -4.14. The Bertz CT molecular complexity index is 1770. The quantitative estimate of drug-likeness (QED) is 0.245. The van der Waals surface area contributed by atoms with Crippen LogP contribution < -0.4 is 20.9 Å². The van der Waals surface area contributed by atoms with Gasteiger partial charge in [-0.05, 0) is 55.8 Å². The summed E-state index contributed by atoms with van der Waals surface area (Å²) in [5.74, 6) is 1.52. The highest BCUT2D eigenvalue weighted by Gasteiger charge is 2.49. The third-order valence-electron chi connectivity index (χ3n) is 8.98. The van der Waals surface area contributed by atoms with Crippen molar-refractivity contribution in [1.29, 1.82) is 0 Å². The van der Waals surface area contributed by atoms with Crippen LogP contribution in [-0.2, 0) is 0 Å². The Balaban J connectivity index is 1.38. The van der Waals surface area contributed by atoms with E-state index in [9.17, 15) is 8.78 Å². The average Bonchev–Trinajstić information content (AvgIpc) is 3.37. The number of halogens is 3. The molecule has 3 saturated heterocycles. The third-order valence-corrected chi connectivity index (χ3v) is 8.98. The summed E-state index contributed by atoms with van der Waals surface area (Å²) in [7, 11) is 0. The fraction of sp³-hybridized carbons (Fsp3) is 0.406. The molecule has 2 aromatic heterocycles.